The minimum Gasteiger partial charge on any atom is -0.354 e. The van der Waals surface area contributed by atoms with Gasteiger partial charge in [0.1, 0.15) is 0 Å². The molecule has 0 bridgehead atoms. The lowest BCUT2D eigenvalue weighted by Gasteiger charge is -2.14. The standard InChI is InChI=1S/C13H17Cl2NO/c1-9(2)12(15)8-16-13(17)7-10-3-5-11(14)6-4-10/h3-6,9,12H,7-8H2,1-2H3,(H,16,17). The van der Waals surface area contributed by atoms with Crippen LogP contribution in [-0.4, -0.2) is 17.8 Å². The topological polar surface area (TPSA) is 29.1 Å². The Morgan fingerprint density at radius 1 is 1.29 bits per heavy atom. The molecule has 1 unspecified atom stereocenters. The number of hydrogen-bond acceptors (Lipinski definition) is 1. The first-order valence-corrected chi connectivity index (χ1v) is 6.45. The minimum atomic E-state index is -0.0239. The SMILES string of the molecule is CC(C)C(Cl)CNC(=O)Cc1ccc(Cl)cc1. The maximum atomic E-state index is 11.6. The molecule has 0 aliphatic carbocycles. The van der Waals surface area contributed by atoms with Crippen molar-refractivity contribution in [2.75, 3.05) is 6.54 Å². The fraction of sp³-hybridized carbons (Fsp3) is 0.462. The molecule has 1 aromatic rings. The molecular weight excluding hydrogens is 257 g/mol. The molecule has 0 aliphatic heterocycles. The molecule has 0 fully saturated rings. The lowest BCUT2D eigenvalue weighted by atomic mass is 10.1. The number of carbonyl (C=O) groups excluding carboxylic acids is 1. The van der Waals surface area contributed by atoms with E-state index in [0.29, 0.717) is 23.9 Å². The van der Waals surface area contributed by atoms with Crippen LogP contribution in [0.1, 0.15) is 19.4 Å². The van der Waals surface area contributed by atoms with Gasteiger partial charge < -0.3 is 5.32 Å². The summed E-state index contributed by atoms with van der Waals surface area (Å²) >= 11 is 11.8. The Morgan fingerprint density at radius 3 is 2.41 bits per heavy atom. The largest absolute Gasteiger partial charge is 0.354 e. The first kappa shape index (κ1) is 14.3. The Kier molecular flexibility index (Phi) is 5.79. The maximum absolute atomic E-state index is 11.6. The van der Waals surface area contributed by atoms with Gasteiger partial charge in [0, 0.05) is 11.6 Å². The molecule has 1 amide bonds. The molecule has 1 aromatic carbocycles. The van der Waals surface area contributed by atoms with Gasteiger partial charge in [-0.3, -0.25) is 4.79 Å². The Morgan fingerprint density at radius 2 is 1.88 bits per heavy atom. The van der Waals surface area contributed by atoms with Crippen LogP contribution in [0, 0.1) is 5.92 Å². The van der Waals surface area contributed by atoms with Crippen molar-refractivity contribution >= 4 is 29.1 Å². The summed E-state index contributed by atoms with van der Waals surface area (Å²) in [6.45, 7) is 4.57. The van der Waals surface area contributed by atoms with Gasteiger partial charge in [0.15, 0.2) is 0 Å². The van der Waals surface area contributed by atoms with Gasteiger partial charge in [-0.2, -0.15) is 0 Å². The molecule has 0 heterocycles. The zero-order valence-electron chi connectivity index (χ0n) is 10.0. The zero-order valence-corrected chi connectivity index (χ0v) is 11.6. The Hall–Kier alpha value is -0.730. The number of nitrogens with one attached hydrogen (secondary N) is 1. The van der Waals surface area contributed by atoms with Crippen molar-refractivity contribution in [3.63, 3.8) is 0 Å². The normalized spacial score (nSPS) is 12.5. The summed E-state index contributed by atoms with van der Waals surface area (Å²) in [7, 11) is 0. The average Bonchev–Trinajstić information content (AvgIpc) is 2.29. The van der Waals surface area contributed by atoms with Gasteiger partial charge in [-0.1, -0.05) is 37.6 Å². The van der Waals surface area contributed by atoms with Gasteiger partial charge in [-0.05, 0) is 23.6 Å². The number of hydrogen-bond donors (Lipinski definition) is 1. The molecule has 1 N–H and O–H groups in total. The van der Waals surface area contributed by atoms with Gasteiger partial charge in [-0.15, -0.1) is 11.6 Å². The highest BCUT2D eigenvalue weighted by atomic mass is 35.5. The van der Waals surface area contributed by atoms with Crippen molar-refractivity contribution in [2.45, 2.75) is 25.6 Å². The van der Waals surface area contributed by atoms with Gasteiger partial charge in [0.2, 0.25) is 5.91 Å². The highest BCUT2D eigenvalue weighted by Crippen LogP contribution is 2.10. The summed E-state index contributed by atoms with van der Waals surface area (Å²) < 4.78 is 0. The fourth-order valence-corrected chi connectivity index (χ4v) is 1.50. The number of rotatable bonds is 5. The van der Waals surface area contributed by atoms with Crippen LogP contribution in [0.5, 0.6) is 0 Å². The molecule has 0 saturated heterocycles. The third kappa shape index (κ3) is 5.42. The van der Waals surface area contributed by atoms with E-state index in [1.54, 1.807) is 12.1 Å². The number of halogens is 2. The average molecular weight is 274 g/mol. The summed E-state index contributed by atoms with van der Waals surface area (Å²) in [4.78, 5) is 11.6. The van der Waals surface area contributed by atoms with E-state index >= 15 is 0 Å². The van der Waals surface area contributed by atoms with E-state index in [-0.39, 0.29) is 11.3 Å². The van der Waals surface area contributed by atoms with Crippen LogP contribution in [0.4, 0.5) is 0 Å². The molecule has 0 aromatic heterocycles. The van der Waals surface area contributed by atoms with Crippen molar-refractivity contribution in [3.05, 3.63) is 34.9 Å². The van der Waals surface area contributed by atoms with E-state index in [9.17, 15) is 4.79 Å². The molecule has 0 radical (unpaired) electrons. The smallest absolute Gasteiger partial charge is 0.224 e. The third-order valence-electron chi connectivity index (χ3n) is 2.50. The zero-order chi connectivity index (χ0) is 12.8. The molecule has 4 heteroatoms. The first-order valence-electron chi connectivity index (χ1n) is 5.64. The van der Waals surface area contributed by atoms with Gasteiger partial charge in [-0.25, -0.2) is 0 Å². The van der Waals surface area contributed by atoms with E-state index in [1.807, 2.05) is 26.0 Å². The number of amides is 1. The molecule has 0 aliphatic rings. The highest BCUT2D eigenvalue weighted by molar-refractivity contribution is 6.30. The molecule has 0 spiro atoms. The summed E-state index contributed by atoms with van der Waals surface area (Å²) in [6.07, 6.45) is 0.360. The lowest BCUT2D eigenvalue weighted by molar-refractivity contribution is -0.120. The number of alkyl halides is 1. The highest BCUT2D eigenvalue weighted by Gasteiger charge is 2.11. The number of carbonyl (C=O) groups is 1. The van der Waals surface area contributed by atoms with E-state index in [1.165, 1.54) is 0 Å². The summed E-state index contributed by atoms with van der Waals surface area (Å²) in [6, 6.07) is 7.26. The monoisotopic (exact) mass is 273 g/mol. The van der Waals surface area contributed by atoms with E-state index < -0.39 is 0 Å². The summed E-state index contributed by atoms with van der Waals surface area (Å²) in [5.74, 6) is 0.339. The Labute approximate surface area is 112 Å². The van der Waals surface area contributed by atoms with E-state index in [4.69, 9.17) is 23.2 Å². The predicted molar refractivity (Wildman–Crippen MR) is 72.6 cm³/mol. The van der Waals surface area contributed by atoms with Crippen LogP contribution in [0.15, 0.2) is 24.3 Å². The Balaban J connectivity index is 2.37. The predicted octanol–water partition coefficient (Wildman–Crippen LogP) is 3.26. The van der Waals surface area contributed by atoms with Crippen LogP contribution in [0.3, 0.4) is 0 Å². The summed E-state index contributed by atoms with van der Waals surface area (Å²) in [5.41, 5.74) is 0.947. The van der Waals surface area contributed by atoms with Gasteiger partial charge in [0.25, 0.3) is 0 Å². The van der Waals surface area contributed by atoms with E-state index in [0.717, 1.165) is 5.56 Å². The molecule has 0 saturated carbocycles. The molecule has 1 atom stereocenters. The van der Waals surface area contributed by atoms with Crippen molar-refractivity contribution in [2.24, 2.45) is 5.92 Å². The van der Waals surface area contributed by atoms with Gasteiger partial charge in [0.05, 0.1) is 11.8 Å². The van der Waals surface area contributed by atoms with Crippen molar-refractivity contribution < 1.29 is 4.79 Å². The minimum absolute atomic E-state index is 0.0152. The van der Waals surface area contributed by atoms with Gasteiger partial charge >= 0.3 is 0 Å². The number of benzene rings is 1. The molecule has 2 nitrogen and oxygen atoms in total. The molecule has 17 heavy (non-hydrogen) atoms. The Bertz CT molecular complexity index is 362. The molecule has 94 valence electrons. The fourth-order valence-electron chi connectivity index (χ4n) is 1.30. The van der Waals surface area contributed by atoms with Crippen LogP contribution >= 0.6 is 23.2 Å². The van der Waals surface area contributed by atoms with E-state index in [2.05, 4.69) is 5.32 Å². The lowest BCUT2D eigenvalue weighted by Crippen LogP contribution is -2.32. The second-order valence-electron chi connectivity index (χ2n) is 4.37. The second-order valence-corrected chi connectivity index (χ2v) is 5.36. The van der Waals surface area contributed by atoms with Crippen molar-refractivity contribution in [1.29, 1.82) is 0 Å². The third-order valence-corrected chi connectivity index (χ3v) is 3.41. The quantitative estimate of drug-likeness (QED) is 0.820. The molecular formula is C13H17Cl2NO. The first-order chi connectivity index (χ1) is 7.99. The van der Waals surface area contributed by atoms with Crippen molar-refractivity contribution in [3.8, 4) is 0 Å². The van der Waals surface area contributed by atoms with Crippen LogP contribution in [-0.2, 0) is 11.2 Å². The van der Waals surface area contributed by atoms with Crippen LogP contribution in [0.2, 0.25) is 5.02 Å². The molecule has 1 rings (SSSR count). The van der Waals surface area contributed by atoms with Crippen molar-refractivity contribution in [1.82, 2.24) is 5.32 Å². The maximum Gasteiger partial charge on any atom is 0.224 e. The second kappa shape index (κ2) is 6.87. The van der Waals surface area contributed by atoms with Crippen LogP contribution < -0.4 is 5.32 Å². The van der Waals surface area contributed by atoms with Crippen LogP contribution in [0.25, 0.3) is 0 Å². The summed E-state index contributed by atoms with van der Waals surface area (Å²) in [5, 5.41) is 3.47.